The lowest BCUT2D eigenvalue weighted by molar-refractivity contribution is -0.118. The Kier molecular flexibility index (Phi) is 4.54. The Morgan fingerprint density at radius 2 is 1.85 bits per heavy atom. The number of carbonyl (C=O) groups is 1. The highest BCUT2D eigenvalue weighted by Gasteiger charge is 2.17. The van der Waals surface area contributed by atoms with Crippen molar-refractivity contribution in [1.82, 2.24) is 15.0 Å². The van der Waals surface area contributed by atoms with E-state index in [1.54, 1.807) is 14.0 Å². The number of carbonyl (C=O) groups excluding carboxylic acids is 1. The molecule has 1 amide bonds. The summed E-state index contributed by atoms with van der Waals surface area (Å²) in [4.78, 5) is 26.2. The van der Waals surface area contributed by atoms with Crippen molar-refractivity contribution >= 4 is 23.8 Å². The molecular weight excluding hydrogens is 258 g/mol. The summed E-state index contributed by atoms with van der Waals surface area (Å²) in [6.07, 6.45) is 3.52. The lowest BCUT2D eigenvalue weighted by Gasteiger charge is -2.27. The maximum Gasteiger partial charge on any atom is 0.239 e. The van der Waals surface area contributed by atoms with Gasteiger partial charge >= 0.3 is 0 Å². The van der Waals surface area contributed by atoms with Gasteiger partial charge < -0.3 is 21.3 Å². The highest BCUT2D eigenvalue weighted by atomic mass is 16.1. The van der Waals surface area contributed by atoms with Crippen LogP contribution in [0, 0.1) is 0 Å². The third-order valence-corrected chi connectivity index (χ3v) is 3.26. The Morgan fingerprint density at radius 3 is 2.45 bits per heavy atom. The van der Waals surface area contributed by atoms with Crippen LogP contribution in [0.3, 0.4) is 0 Å². The number of amides is 1. The lowest BCUT2D eigenvalue weighted by atomic mass is 10.1. The molecular formula is C12H21N7O. The van der Waals surface area contributed by atoms with Gasteiger partial charge in [-0.1, -0.05) is 0 Å². The Bertz CT molecular complexity index is 473. The second-order valence-electron chi connectivity index (χ2n) is 4.85. The van der Waals surface area contributed by atoms with Gasteiger partial charge in [-0.3, -0.25) is 4.79 Å². The highest BCUT2D eigenvalue weighted by Crippen LogP contribution is 2.18. The van der Waals surface area contributed by atoms with Crippen LogP contribution in [0.25, 0.3) is 0 Å². The summed E-state index contributed by atoms with van der Waals surface area (Å²) in [5, 5.41) is 5.80. The first-order valence-electron chi connectivity index (χ1n) is 6.85. The Labute approximate surface area is 118 Å². The van der Waals surface area contributed by atoms with Gasteiger partial charge in [0, 0.05) is 20.1 Å². The van der Waals surface area contributed by atoms with Crippen molar-refractivity contribution in [2.75, 3.05) is 35.7 Å². The van der Waals surface area contributed by atoms with Crippen molar-refractivity contribution in [3.8, 4) is 0 Å². The molecule has 1 aliphatic rings. The van der Waals surface area contributed by atoms with Crippen LogP contribution in [0.4, 0.5) is 17.8 Å². The van der Waals surface area contributed by atoms with Crippen LogP contribution >= 0.6 is 0 Å². The van der Waals surface area contributed by atoms with E-state index in [2.05, 4.69) is 30.5 Å². The minimum Gasteiger partial charge on any atom is -0.368 e. The lowest BCUT2D eigenvalue weighted by Crippen LogP contribution is -2.34. The van der Waals surface area contributed by atoms with Gasteiger partial charge in [0.25, 0.3) is 0 Å². The number of hydrogen-bond acceptors (Lipinski definition) is 7. The molecule has 0 saturated carbocycles. The normalized spacial score (nSPS) is 16.6. The summed E-state index contributed by atoms with van der Waals surface area (Å²) < 4.78 is 0. The zero-order valence-corrected chi connectivity index (χ0v) is 11.9. The minimum atomic E-state index is -0.531. The third-order valence-electron chi connectivity index (χ3n) is 3.26. The van der Waals surface area contributed by atoms with Crippen molar-refractivity contribution in [1.29, 1.82) is 0 Å². The van der Waals surface area contributed by atoms with E-state index in [4.69, 9.17) is 5.73 Å². The third kappa shape index (κ3) is 3.46. The molecule has 1 aliphatic heterocycles. The smallest absolute Gasteiger partial charge is 0.239 e. The highest BCUT2D eigenvalue weighted by molar-refractivity contribution is 5.81. The van der Waals surface area contributed by atoms with Crippen molar-refractivity contribution in [3.63, 3.8) is 0 Å². The molecule has 1 fully saturated rings. The molecule has 1 unspecified atom stereocenters. The summed E-state index contributed by atoms with van der Waals surface area (Å²) in [6, 6.07) is -0.531. The van der Waals surface area contributed by atoms with Crippen molar-refractivity contribution in [3.05, 3.63) is 0 Å². The maximum absolute atomic E-state index is 11.1. The molecule has 0 bridgehead atoms. The van der Waals surface area contributed by atoms with Crippen LogP contribution in [-0.2, 0) is 4.79 Å². The monoisotopic (exact) mass is 279 g/mol. The molecule has 4 N–H and O–H groups in total. The predicted molar refractivity (Wildman–Crippen MR) is 77.7 cm³/mol. The van der Waals surface area contributed by atoms with E-state index in [0.717, 1.165) is 25.9 Å². The van der Waals surface area contributed by atoms with Crippen LogP contribution in [-0.4, -0.2) is 47.0 Å². The Balaban J connectivity index is 2.21. The molecule has 1 aromatic rings. The van der Waals surface area contributed by atoms with Crippen LogP contribution < -0.4 is 21.3 Å². The summed E-state index contributed by atoms with van der Waals surface area (Å²) in [5.41, 5.74) is 5.24. The van der Waals surface area contributed by atoms with E-state index in [-0.39, 0.29) is 0 Å². The Hall–Kier alpha value is -2.12. The van der Waals surface area contributed by atoms with Crippen molar-refractivity contribution < 1.29 is 4.79 Å². The number of primary amides is 1. The van der Waals surface area contributed by atoms with E-state index in [1.807, 2.05) is 0 Å². The van der Waals surface area contributed by atoms with E-state index >= 15 is 0 Å². The first-order chi connectivity index (χ1) is 9.60. The van der Waals surface area contributed by atoms with Gasteiger partial charge in [-0.25, -0.2) is 0 Å². The van der Waals surface area contributed by atoms with Gasteiger partial charge in [-0.05, 0) is 26.2 Å². The van der Waals surface area contributed by atoms with E-state index in [0.29, 0.717) is 17.8 Å². The van der Waals surface area contributed by atoms with Gasteiger partial charge in [0.15, 0.2) is 0 Å². The largest absolute Gasteiger partial charge is 0.368 e. The molecule has 0 radical (unpaired) electrons. The van der Waals surface area contributed by atoms with Gasteiger partial charge in [0.2, 0.25) is 23.8 Å². The molecule has 110 valence electrons. The number of hydrogen-bond donors (Lipinski definition) is 3. The molecule has 20 heavy (non-hydrogen) atoms. The molecule has 1 aromatic heterocycles. The second-order valence-corrected chi connectivity index (χ2v) is 4.85. The summed E-state index contributed by atoms with van der Waals surface area (Å²) in [5.74, 6) is 1.01. The maximum atomic E-state index is 11.1. The average molecular weight is 279 g/mol. The average Bonchev–Trinajstić information content (AvgIpc) is 2.47. The molecule has 0 spiro atoms. The first-order valence-corrected chi connectivity index (χ1v) is 6.85. The molecule has 0 aromatic carbocycles. The molecule has 1 atom stereocenters. The van der Waals surface area contributed by atoms with Gasteiger partial charge in [0.1, 0.15) is 6.04 Å². The summed E-state index contributed by atoms with van der Waals surface area (Å²) >= 11 is 0. The SMILES string of the molecule is CNc1nc(NC(C)C(N)=O)nc(N2CCCCC2)n1. The predicted octanol–water partition coefficient (Wildman–Crippen LogP) is 0.189. The summed E-state index contributed by atoms with van der Waals surface area (Å²) in [6.45, 7) is 3.56. The van der Waals surface area contributed by atoms with E-state index in [9.17, 15) is 4.79 Å². The van der Waals surface area contributed by atoms with Gasteiger partial charge in [-0.2, -0.15) is 15.0 Å². The van der Waals surface area contributed by atoms with Crippen molar-refractivity contribution in [2.24, 2.45) is 5.73 Å². The van der Waals surface area contributed by atoms with Crippen LogP contribution in [0.2, 0.25) is 0 Å². The second kappa shape index (κ2) is 6.36. The van der Waals surface area contributed by atoms with Gasteiger partial charge in [-0.15, -0.1) is 0 Å². The van der Waals surface area contributed by atoms with E-state index < -0.39 is 11.9 Å². The number of piperidine rings is 1. The number of nitrogens with zero attached hydrogens (tertiary/aromatic N) is 4. The van der Waals surface area contributed by atoms with E-state index in [1.165, 1.54) is 6.42 Å². The molecule has 2 rings (SSSR count). The van der Waals surface area contributed by atoms with Crippen LogP contribution in [0.15, 0.2) is 0 Å². The van der Waals surface area contributed by atoms with Crippen LogP contribution in [0.5, 0.6) is 0 Å². The fraction of sp³-hybridized carbons (Fsp3) is 0.667. The fourth-order valence-corrected chi connectivity index (χ4v) is 2.04. The molecule has 8 nitrogen and oxygen atoms in total. The zero-order valence-electron chi connectivity index (χ0n) is 11.9. The number of aromatic nitrogens is 3. The summed E-state index contributed by atoms with van der Waals surface area (Å²) in [7, 11) is 1.75. The number of nitrogens with one attached hydrogen (secondary N) is 2. The number of nitrogens with two attached hydrogens (primary N) is 1. The fourth-order valence-electron chi connectivity index (χ4n) is 2.04. The first kappa shape index (κ1) is 14.3. The van der Waals surface area contributed by atoms with Crippen molar-refractivity contribution in [2.45, 2.75) is 32.2 Å². The molecule has 8 heteroatoms. The Morgan fingerprint density at radius 1 is 1.20 bits per heavy atom. The zero-order chi connectivity index (χ0) is 14.5. The molecule has 2 heterocycles. The van der Waals surface area contributed by atoms with Gasteiger partial charge in [0.05, 0.1) is 0 Å². The quantitative estimate of drug-likeness (QED) is 0.705. The number of rotatable bonds is 5. The van der Waals surface area contributed by atoms with Crippen LogP contribution in [0.1, 0.15) is 26.2 Å². The number of anilines is 3. The topological polar surface area (TPSA) is 109 Å². The molecule has 1 saturated heterocycles. The minimum absolute atomic E-state index is 0.358. The standard InChI is InChI=1S/C12H21N7O/c1-8(9(13)20)15-11-16-10(14-2)17-12(18-11)19-6-4-3-5-7-19/h8H,3-7H2,1-2H3,(H2,13,20)(H2,14,15,16,17,18). The molecule has 0 aliphatic carbocycles.